The molecule has 2 rings (SSSR count). The molecule has 0 spiro atoms. The van der Waals surface area contributed by atoms with Crippen LogP contribution in [0.15, 0.2) is 60.7 Å². The molecule has 0 saturated carbocycles. The molecule has 22 heavy (non-hydrogen) atoms. The summed E-state index contributed by atoms with van der Waals surface area (Å²) in [7, 11) is 1.64. The predicted molar refractivity (Wildman–Crippen MR) is 89.8 cm³/mol. The van der Waals surface area contributed by atoms with Crippen LogP contribution in [0.2, 0.25) is 0 Å². The first kappa shape index (κ1) is 16.0. The molecule has 0 aliphatic rings. The van der Waals surface area contributed by atoms with E-state index in [0.29, 0.717) is 13.0 Å². The quantitative estimate of drug-likeness (QED) is 0.599. The second-order valence-corrected chi connectivity index (χ2v) is 4.99. The van der Waals surface area contributed by atoms with Gasteiger partial charge in [0.2, 0.25) is 0 Å². The van der Waals surface area contributed by atoms with Gasteiger partial charge < -0.3 is 10.1 Å². The average Bonchev–Trinajstić information content (AvgIpc) is 2.58. The van der Waals surface area contributed by atoms with Gasteiger partial charge in [-0.15, -0.1) is 0 Å². The van der Waals surface area contributed by atoms with Gasteiger partial charge in [-0.1, -0.05) is 48.5 Å². The SMILES string of the molecule is COc1ccc(C=CC(=O)CCNCc2ccccc2)cc1. The molecule has 0 radical (unpaired) electrons. The fraction of sp³-hybridized carbons (Fsp3) is 0.211. The third-order valence-electron chi connectivity index (χ3n) is 3.30. The summed E-state index contributed by atoms with van der Waals surface area (Å²) in [6, 6.07) is 17.8. The maximum atomic E-state index is 11.8. The van der Waals surface area contributed by atoms with Crippen molar-refractivity contribution in [3.63, 3.8) is 0 Å². The van der Waals surface area contributed by atoms with Crippen LogP contribution in [0, 0.1) is 0 Å². The maximum Gasteiger partial charge on any atom is 0.156 e. The summed E-state index contributed by atoms with van der Waals surface area (Å²) in [5.74, 6) is 0.935. The minimum absolute atomic E-state index is 0.122. The van der Waals surface area contributed by atoms with Gasteiger partial charge in [0.25, 0.3) is 0 Å². The first-order valence-corrected chi connectivity index (χ1v) is 7.37. The Morgan fingerprint density at radius 1 is 1.09 bits per heavy atom. The van der Waals surface area contributed by atoms with Crippen LogP contribution < -0.4 is 10.1 Å². The normalized spacial score (nSPS) is 10.8. The molecule has 0 heterocycles. The van der Waals surface area contributed by atoms with E-state index in [0.717, 1.165) is 17.9 Å². The molecule has 0 fully saturated rings. The molecule has 3 heteroatoms. The highest BCUT2D eigenvalue weighted by Gasteiger charge is 1.97. The standard InChI is InChI=1S/C19H21NO2/c1-22-19-11-8-16(9-12-19)7-10-18(21)13-14-20-15-17-5-3-2-4-6-17/h2-12,20H,13-15H2,1H3. The number of ether oxygens (including phenoxy) is 1. The highest BCUT2D eigenvalue weighted by Crippen LogP contribution is 2.12. The third-order valence-corrected chi connectivity index (χ3v) is 3.30. The zero-order valence-electron chi connectivity index (χ0n) is 12.8. The van der Waals surface area contributed by atoms with E-state index < -0.39 is 0 Å². The van der Waals surface area contributed by atoms with Crippen LogP contribution in [-0.4, -0.2) is 19.4 Å². The largest absolute Gasteiger partial charge is 0.497 e. The Kier molecular flexibility index (Phi) is 6.39. The minimum Gasteiger partial charge on any atom is -0.497 e. The van der Waals surface area contributed by atoms with Gasteiger partial charge in [-0.25, -0.2) is 0 Å². The summed E-state index contributed by atoms with van der Waals surface area (Å²) in [5, 5.41) is 3.27. The lowest BCUT2D eigenvalue weighted by Crippen LogP contribution is -2.17. The lowest BCUT2D eigenvalue weighted by atomic mass is 10.1. The van der Waals surface area contributed by atoms with Gasteiger partial charge in [0, 0.05) is 19.5 Å². The Bertz CT molecular complexity index is 603. The molecule has 0 aliphatic heterocycles. The Morgan fingerprint density at radius 2 is 1.82 bits per heavy atom. The second-order valence-electron chi connectivity index (χ2n) is 4.99. The highest BCUT2D eigenvalue weighted by molar-refractivity contribution is 5.93. The molecule has 0 unspecified atom stereocenters. The van der Waals surface area contributed by atoms with E-state index in [4.69, 9.17) is 4.74 Å². The van der Waals surface area contributed by atoms with Crippen molar-refractivity contribution in [3.8, 4) is 5.75 Å². The molecule has 0 aliphatic carbocycles. The summed E-state index contributed by atoms with van der Waals surface area (Å²) < 4.78 is 5.10. The number of allylic oxidation sites excluding steroid dienone is 1. The van der Waals surface area contributed by atoms with Gasteiger partial charge in [0.15, 0.2) is 5.78 Å². The van der Waals surface area contributed by atoms with Gasteiger partial charge in [-0.3, -0.25) is 4.79 Å². The van der Waals surface area contributed by atoms with Crippen molar-refractivity contribution >= 4 is 11.9 Å². The lowest BCUT2D eigenvalue weighted by molar-refractivity contribution is -0.114. The lowest BCUT2D eigenvalue weighted by Gasteiger charge is -2.03. The van der Waals surface area contributed by atoms with Gasteiger partial charge in [-0.2, -0.15) is 0 Å². The Labute approximate surface area is 131 Å². The van der Waals surface area contributed by atoms with E-state index in [9.17, 15) is 4.79 Å². The molecule has 0 saturated heterocycles. The van der Waals surface area contributed by atoms with Crippen LogP contribution in [0.4, 0.5) is 0 Å². The molecule has 2 aromatic rings. The molecule has 1 N–H and O–H groups in total. The Morgan fingerprint density at radius 3 is 2.50 bits per heavy atom. The number of benzene rings is 2. The highest BCUT2D eigenvalue weighted by atomic mass is 16.5. The number of hydrogen-bond donors (Lipinski definition) is 1. The number of methoxy groups -OCH3 is 1. The van der Waals surface area contributed by atoms with Crippen molar-refractivity contribution < 1.29 is 9.53 Å². The first-order valence-electron chi connectivity index (χ1n) is 7.37. The van der Waals surface area contributed by atoms with E-state index in [-0.39, 0.29) is 5.78 Å². The van der Waals surface area contributed by atoms with E-state index in [1.54, 1.807) is 13.2 Å². The van der Waals surface area contributed by atoms with E-state index in [1.807, 2.05) is 48.5 Å². The average molecular weight is 295 g/mol. The van der Waals surface area contributed by atoms with Crippen molar-refractivity contribution in [2.75, 3.05) is 13.7 Å². The van der Waals surface area contributed by atoms with Gasteiger partial charge in [0.05, 0.1) is 7.11 Å². The van der Waals surface area contributed by atoms with Crippen LogP contribution in [-0.2, 0) is 11.3 Å². The number of carbonyl (C=O) groups is 1. The van der Waals surface area contributed by atoms with Crippen molar-refractivity contribution in [3.05, 3.63) is 71.8 Å². The van der Waals surface area contributed by atoms with Crippen molar-refractivity contribution in [1.82, 2.24) is 5.32 Å². The summed E-state index contributed by atoms with van der Waals surface area (Å²) >= 11 is 0. The van der Waals surface area contributed by atoms with Gasteiger partial charge in [-0.05, 0) is 29.3 Å². The maximum absolute atomic E-state index is 11.8. The molecule has 0 amide bonds. The topological polar surface area (TPSA) is 38.3 Å². The number of nitrogens with one attached hydrogen (secondary N) is 1. The number of hydrogen-bond acceptors (Lipinski definition) is 3. The van der Waals surface area contributed by atoms with Crippen LogP contribution in [0.5, 0.6) is 5.75 Å². The number of rotatable bonds is 8. The fourth-order valence-electron chi connectivity index (χ4n) is 2.03. The minimum atomic E-state index is 0.122. The zero-order chi connectivity index (χ0) is 15.6. The Hall–Kier alpha value is -2.39. The summed E-state index contributed by atoms with van der Waals surface area (Å²) in [6.07, 6.45) is 3.96. The van der Waals surface area contributed by atoms with Gasteiger partial charge in [0.1, 0.15) is 5.75 Å². The van der Waals surface area contributed by atoms with Gasteiger partial charge >= 0.3 is 0 Å². The van der Waals surface area contributed by atoms with Crippen LogP contribution >= 0.6 is 0 Å². The van der Waals surface area contributed by atoms with E-state index in [1.165, 1.54) is 5.56 Å². The molecule has 2 aromatic carbocycles. The summed E-state index contributed by atoms with van der Waals surface area (Å²) in [4.78, 5) is 11.8. The molecule has 114 valence electrons. The molecular weight excluding hydrogens is 274 g/mol. The monoisotopic (exact) mass is 295 g/mol. The third kappa shape index (κ3) is 5.54. The van der Waals surface area contributed by atoms with Crippen molar-refractivity contribution in [2.45, 2.75) is 13.0 Å². The molecule has 0 aromatic heterocycles. The number of carbonyl (C=O) groups excluding carboxylic acids is 1. The molecular formula is C19H21NO2. The molecule has 0 atom stereocenters. The first-order chi connectivity index (χ1) is 10.8. The predicted octanol–water partition coefficient (Wildman–Crippen LogP) is 3.46. The second kappa shape index (κ2) is 8.80. The summed E-state index contributed by atoms with van der Waals surface area (Å²) in [5.41, 5.74) is 2.22. The van der Waals surface area contributed by atoms with Crippen molar-refractivity contribution in [2.24, 2.45) is 0 Å². The summed E-state index contributed by atoms with van der Waals surface area (Å²) in [6.45, 7) is 1.47. The fourth-order valence-corrected chi connectivity index (χ4v) is 2.03. The molecule has 0 bridgehead atoms. The van der Waals surface area contributed by atoms with E-state index in [2.05, 4.69) is 17.4 Å². The van der Waals surface area contributed by atoms with Crippen LogP contribution in [0.25, 0.3) is 6.08 Å². The smallest absolute Gasteiger partial charge is 0.156 e. The van der Waals surface area contributed by atoms with Crippen LogP contribution in [0.1, 0.15) is 17.5 Å². The zero-order valence-corrected chi connectivity index (χ0v) is 12.8. The molecule has 3 nitrogen and oxygen atoms in total. The number of ketones is 1. The van der Waals surface area contributed by atoms with Crippen molar-refractivity contribution in [1.29, 1.82) is 0 Å². The Balaban J connectivity index is 1.69. The van der Waals surface area contributed by atoms with E-state index >= 15 is 0 Å². The van der Waals surface area contributed by atoms with Crippen LogP contribution in [0.3, 0.4) is 0 Å².